The molecule has 0 N–H and O–H groups in total. The van der Waals surface area contributed by atoms with Crippen molar-refractivity contribution in [3.63, 3.8) is 0 Å². The average Bonchev–Trinajstić information content (AvgIpc) is 3.30. The van der Waals surface area contributed by atoms with Crippen molar-refractivity contribution in [3.05, 3.63) is 74.5 Å². The van der Waals surface area contributed by atoms with Crippen LogP contribution in [0, 0.1) is 10.1 Å². The van der Waals surface area contributed by atoms with Gasteiger partial charge in [0.1, 0.15) is 9.75 Å². The summed E-state index contributed by atoms with van der Waals surface area (Å²) in [6, 6.07) is 8.90. The molecule has 0 aliphatic heterocycles. The Labute approximate surface area is 153 Å². The first-order valence-electron chi connectivity index (χ1n) is 7.80. The Kier molecular flexibility index (Phi) is 5.23. The minimum Gasteiger partial charge on any atom is -0.462 e. The largest absolute Gasteiger partial charge is 0.462 e. The molecule has 0 fully saturated rings. The number of carbonyl (C=O) groups excluding carboxylic acids is 1. The zero-order valence-electron chi connectivity index (χ0n) is 13.9. The second-order valence-electron chi connectivity index (χ2n) is 5.23. The van der Waals surface area contributed by atoms with E-state index in [1.54, 1.807) is 31.6 Å². The SMILES string of the molecule is CCOC(=O)c1cc([N+](=O)[O-])c(/C=C/c2ccc(-n3ccnc3)cc2)s1. The van der Waals surface area contributed by atoms with Crippen LogP contribution in [0.25, 0.3) is 17.8 Å². The van der Waals surface area contributed by atoms with Crippen LogP contribution in [-0.4, -0.2) is 27.1 Å². The van der Waals surface area contributed by atoms with Crippen molar-refractivity contribution in [3.8, 4) is 5.69 Å². The summed E-state index contributed by atoms with van der Waals surface area (Å²) in [6.07, 6.45) is 8.65. The van der Waals surface area contributed by atoms with Crippen molar-refractivity contribution >= 4 is 35.1 Å². The van der Waals surface area contributed by atoms with Gasteiger partial charge in [-0.3, -0.25) is 10.1 Å². The maximum Gasteiger partial charge on any atom is 0.348 e. The normalized spacial score (nSPS) is 11.0. The number of thiophene rings is 1. The molecular formula is C18H15N3O4S. The number of aromatic nitrogens is 2. The maximum absolute atomic E-state index is 11.8. The second-order valence-corrected chi connectivity index (χ2v) is 6.32. The summed E-state index contributed by atoms with van der Waals surface area (Å²) in [5, 5.41) is 11.2. The fraction of sp³-hybridized carbons (Fsp3) is 0.111. The zero-order valence-corrected chi connectivity index (χ0v) is 14.7. The van der Waals surface area contributed by atoms with Gasteiger partial charge in [-0.05, 0) is 30.7 Å². The lowest BCUT2D eigenvalue weighted by Crippen LogP contribution is -2.01. The van der Waals surface area contributed by atoms with E-state index < -0.39 is 10.9 Å². The summed E-state index contributed by atoms with van der Waals surface area (Å²) < 4.78 is 6.78. The van der Waals surface area contributed by atoms with Crippen LogP contribution in [0.2, 0.25) is 0 Å². The molecule has 8 heteroatoms. The van der Waals surface area contributed by atoms with Gasteiger partial charge in [0, 0.05) is 24.1 Å². The lowest BCUT2D eigenvalue weighted by atomic mass is 10.2. The molecule has 7 nitrogen and oxygen atoms in total. The quantitative estimate of drug-likeness (QED) is 0.369. The molecule has 2 aromatic heterocycles. The second kappa shape index (κ2) is 7.75. The fourth-order valence-electron chi connectivity index (χ4n) is 2.30. The van der Waals surface area contributed by atoms with Gasteiger partial charge in [-0.25, -0.2) is 9.78 Å². The molecule has 0 aliphatic carbocycles. The van der Waals surface area contributed by atoms with Gasteiger partial charge in [0.05, 0.1) is 17.9 Å². The van der Waals surface area contributed by atoms with Crippen LogP contribution in [-0.2, 0) is 4.74 Å². The number of benzene rings is 1. The molecule has 3 rings (SSSR count). The van der Waals surface area contributed by atoms with Crippen molar-refractivity contribution in [2.45, 2.75) is 6.92 Å². The van der Waals surface area contributed by atoms with Crippen LogP contribution in [0.4, 0.5) is 5.69 Å². The molecule has 0 atom stereocenters. The molecule has 0 bridgehead atoms. The molecular weight excluding hydrogens is 354 g/mol. The molecule has 0 saturated heterocycles. The molecule has 1 aromatic carbocycles. The number of hydrogen-bond donors (Lipinski definition) is 0. The molecule has 132 valence electrons. The number of imidazole rings is 1. The maximum atomic E-state index is 11.8. The Hall–Kier alpha value is -3.26. The number of carbonyl (C=O) groups is 1. The Morgan fingerprint density at radius 1 is 1.35 bits per heavy atom. The highest BCUT2D eigenvalue weighted by molar-refractivity contribution is 7.15. The van der Waals surface area contributed by atoms with E-state index in [0.29, 0.717) is 4.88 Å². The number of rotatable bonds is 6. The van der Waals surface area contributed by atoms with Crippen molar-refractivity contribution in [2.24, 2.45) is 0 Å². The van der Waals surface area contributed by atoms with Crippen LogP contribution < -0.4 is 0 Å². The molecule has 3 aromatic rings. The highest BCUT2D eigenvalue weighted by Gasteiger charge is 2.21. The van der Waals surface area contributed by atoms with Gasteiger partial charge in [0.25, 0.3) is 5.69 Å². The Bertz CT molecular complexity index is 943. The van der Waals surface area contributed by atoms with Gasteiger partial charge in [-0.15, -0.1) is 11.3 Å². The molecule has 0 amide bonds. The zero-order chi connectivity index (χ0) is 18.5. The van der Waals surface area contributed by atoms with Crippen LogP contribution >= 0.6 is 11.3 Å². The van der Waals surface area contributed by atoms with Gasteiger partial charge in [-0.1, -0.05) is 18.2 Å². The van der Waals surface area contributed by atoms with Gasteiger partial charge in [0.15, 0.2) is 0 Å². The van der Waals surface area contributed by atoms with Crippen molar-refractivity contribution in [2.75, 3.05) is 6.61 Å². The van der Waals surface area contributed by atoms with Crippen LogP contribution in [0.1, 0.15) is 27.0 Å². The van der Waals surface area contributed by atoms with Gasteiger partial charge in [0.2, 0.25) is 0 Å². The van der Waals surface area contributed by atoms with Gasteiger partial charge in [-0.2, -0.15) is 0 Å². The Balaban J connectivity index is 1.83. The smallest absolute Gasteiger partial charge is 0.348 e. The fourth-order valence-corrected chi connectivity index (χ4v) is 3.23. The van der Waals surface area contributed by atoms with E-state index in [1.165, 1.54) is 6.07 Å². The van der Waals surface area contributed by atoms with E-state index in [-0.39, 0.29) is 17.2 Å². The molecule has 0 radical (unpaired) electrons. The molecule has 0 unspecified atom stereocenters. The lowest BCUT2D eigenvalue weighted by Gasteiger charge is -2.01. The van der Waals surface area contributed by atoms with Crippen molar-refractivity contribution < 1.29 is 14.5 Å². The summed E-state index contributed by atoms with van der Waals surface area (Å²) >= 11 is 1.04. The predicted molar refractivity (Wildman–Crippen MR) is 99.4 cm³/mol. The van der Waals surface area contributed by atoms with Crippen molar-refractivity contribution in [1.82, 2.24) is 9.55 Å². The van der Waals surface area contributed by atoms with Gasteiger partial charge >= 0.3 is 5.97 Å². The highest BCUT2D eigenvalue weighted by atomic mass is 32.1. The highest BCUT2D eigenvalue weighted by Crippen LogP contribution is 2.31. The molecule has 26 heavy (non-hydrogen) atoms. The van der Waals surface area contributed by atoms with E-state index >= 15 is 0 Å². The number of esters is 1. The monoisotopic (exact) mass is 369 g/mol. The third-order valence-corrected chi connectivity index (χ3v) is 4.61. The summed E-state index contributed by atoms with van der Waals surface area (Å²) in [6.45, 7) is 1.91. The topological polar surface area (TPSA) is 87.3 Å². The van der Waals surface area contributed by atoms with E-state index in [2.05, 4.69) is 4.98 Å². The van der Waals surface area contributed by atoms with E-state index in [1.807, 2.05) is 35.0 Å². The van der Waals surface area contributed by atoms with Crippen molar-refractivity contribution in [1.29, 1.82) is 0 Å². The van der Waals surface area contributed by atoms with Crippen LogP contribution in [0.3, 0.4) is 0 Å². The van der Waals surface area contributed by atoms with E-state index in [4.69, 9.17) is 4.74 Å². The first-order chi connectivity index (χ1) is 12.6. The molecule has 0 aliphatic rings. The average molecular weight is 369 g/mol. The number of nitro groups is 1. The molecule has 0 saturated carbocycles. The standard InChI is InChI=1S/C18H15N3O4S/c1-2-25-18(22)17-11-15(21(23)24)16(26-17)8-5-13-3-6-14(7-4-13)20-10-9-19-12-20/h3-12H,2H2,1H3/b8-5+. The predicted octanol–water partition coefficient (Wildman–Crippen LogP) is 4.19. The van der Waals surface area contributed by atoms with Gasteiger partial charge < -0.3 is 9.30 Å². The number of ether oxygens (including phenoxy) is 1. The summed E-state index contributed by atoms with van der Waals surface area (Å²) in [4.78, 5) is 27.1. The Morgan fingerprint density at radius 3 is 2.73 bits per heavy atom. The first kappa shape index (κ1) is 17.6. The summed E-state index contributed by atoms with van der Waals surface area (Å²) in [5.41, 5.74) is 1.74. The number of hydrogen-bond acceptors (Lipinski definition) is 6. The molecule has 0 spiro atoms. The summed E-state index contributed by atoms with van der Waals surface area (Å²) in [5.74, 6) is -0.551. The third-order valence-electron chi connectivity index (χ3n) is 3.54. The summed E-state index contributed by atoms with van der Waals surface area (Å²) in [7, 11) is 0. The minimum absolute atomic E-state index is 0.107. The van der Waals surface area contributed by atoms with Crippen LogP contribution in [0.15, 0.2) is 49.1 Å². The van der Waals surface area contributed by atoms with E-state index in [9.17, 15) is 14.9 Å². The Morgan fingerprint density at radius 2 is 2.12 bits per heavy atom. The first-order valence-corrected chi connectivity index (χ1v) is 8.62. The van der Waals surface area contributed by atoms with E-state index in [0.717, 1.165) is 22.6 Å². The minimum atomic E-state index is -0.551. The lowest BCUT2D eigenvalue weighted by molar-refractivity contribution is -0.384. The molecule has 2 heterocycles. The third kappa shape index (κ3) is 3.86. The van der Waals surface area contributed by atoms with Crippen LogP contribution in [0.5, 0.6) is 0 Å². The number of nitrogens with zero attached hydrogens (tertiary/aromatic N) is 3.